The molecule has 1 aliphatic rings. The SMILES string of the molecule is CCOC(=O)C1=C(O)/C(=C/c2cc(Br)c(OCc3ccc(C)cc3)c(OCC)c2)SC1=Nc1ccccc1. The molecule has 0 atom stereocenters. The number of carbonyl (C=O) groups excluding carboxylic acids is 1. The molecule has 0 saturated heterocycles. The van der Waals surface area contributed by atoms with E-state index in [1.807, 2.05) is 80.6 Å². The fraction of sp³-hybridized carbons (Fsp3) is 0.200. The van der Waals surface area contributed by atoms with Crippen LogP contribution in [0, 0.1) is 6.92 Å². The maximum Gasteiger partial charge on any atom is 0.344 e. The Morgan fingerprint density at radius 3 is 2.45 bits per heavy atom. The highest BCUT2D eigenvalue weighted by Crippen LogP contribution is 2.42. The molecular weight excluding hydrogens is 566 g/mol. The molecule has 0 unspecified atom stereocenters. The number of aryl methyl sites for hydroxylation is 1. The molecule has 0 spiro atoms. The topological polar surface area (TPSA) is 77.4 Å². The summed E-state index contributed by atoms with van der Waals surface area (Å²) in [7, 11) is 0. The van der Waals surface area contributed by atoms with E-state index in [0.717, 1.165) is 11.1 Å². The third-order valence-electron chi connectivity index (χ3n) is 5.49. The lowest BCUT2D eigenvalue weighted by molar-refractivity contribution is -0.138. The second kappa shape index (κ2) is 12.8. The molecule has 1 heterocycles. The van der Waals surface area contributed by atoms with Crippen LogP contribution in [0.25, 0.3) is 6.08 Å². The highest BCUT2D eigenvalue weighted by Gasteiger charge is 2.33. The van der Waals surface area contributed by atoms with Crippen molar-refractivity contribution in [3.63, 3.8) is 0 Å². The minimum absolute atomic E-state index is 0.0501. The van der Waals surface area contributed by atoms with Gasteiger partial charge in [0.2, 0.25) is 0 Å². The molecule has 0 aliphatic carbocycles. The van der Waals surface area contributed by atoms with Gasteiger partial charge in [-0.3, -0.25) is 0 Å². The fourth-order valence-electron chi connectivity index (χ4n) is 3.68. The molecule has 4 rings (SSSR count). The van der Waals surface area contributed by atoms with Gasteiger partial charge >= 0.3 is 5.97 Å². The third-order valence-corrected chi connectivity index (χ3v) is 7.10. The quantitative estimate of drug-likeness (QED) is 0.254. The van der Waals surface area contributed by atoms with Gasteiger partial charge in [0, 0.05) is 0 Å². The maximum absolute atomic E-state index is 12.7. The molecule has 1 N–H and O–H groups in total. The highest BCUT2D eigenvalue weighted by atomic mass is 79.9. The first kappa shape index (κ1) is 27.5. The summed E-state index contributed by atoms with van der Waals surface area (Å²) in [5, 5.41) is 11.4. The van der Waals surface area contributed by atoms with Gasteiger partial charge in [-0.25, -0.2) is 9.79 Å². The summed E-state index contributed by atoms with van der Waals surface area (Å²) < 4.78 is 17.9. The number of aliphatic imine (C=N–C) groups is 1. The summed E-state index contributed by atoms with van der Waals surface area (Å²) >= 11 is 4.82. The lowest BCUT2D eigenvalue weighted by Crippen LogP contribution is -2.12. The van der Waals surface area contributed by atoms with Gasteiger partial charge in [0.15, 0.2) is 11.5 Å². The number of rotatable bonds is 9. The van der Waals surface area contributed by atoms with E-state index in [0.29, 0.717) is 44.8 Å². The number of halogens is 1. The molecule has 0 bridgehead atoms. The number of benzene rings is 3. The van der Waals surface area contributed by atoms with E-state index in [2.05, 4.69) is 20.9 Å². The van der Waals surface area contributed by atoms with Gasteiger partial charge in [0.25, 0.3) is 0 Å². The number of carbonyl (C=O) groups is 1. The van der Waals surface area contributed by atoms with Crippen molar-refractivity contribution in [2.24, 2.45) is 4.99 Å². The van der Waals surface area contributed by atoms with Crippen LogP contribution in [0.4, 0.5) is 5.69 Å². The van der Waals surface area contributed by atoms with Crippen LogP contribution < -0.4 is 9.47 Å². The lowest BCUT2D eigenvalue weighted by Gasteiger charge is -2.15. The summed E-state index contributed by atoms with van der Waals surface area (Å²) in [6.45, 7) is 6.70. The average molecular weight is 595 g/mol. The Morgan fingerprint density at radius 2 is 1.76 bits per heavy atom. The van der Waals surface area contributed by atoms with Crippen molar-refractivity contribution < 1.29 is 24.1 Å². The van der Waals surface area contributed by atoms with Gasteiger partial charge in [-0.1, -0.05) is 59.8 Å². The summed E-state index contributed by atoms with van der Waals surface area (Å²) in [6.07, 6.45) is 1.78. The molecular formula is C30H28BrNO5S. The zero-order valence-corrected chi connectivity index (χ0v) is 23.8. The van der Waals surface area contributed by atoms with Crippen molar-refractivity contribution in [1.82, 2.24) is 0 Å². The van der Waals surface area contributed by atoms with Crippen LogP contribution in [0.5, 0.6) is 11.5 Å². The minimum Gasteiger partial charge on any atom is -0.506 e. The number of ether oxygens (including phenoxy) is 3. The number of thioether (sulfide) groups is 1. The van der Waals surface area contributed by atoms with Crippen LogP contribution in [0.1, 0.15) is 30.5 Å². The van der Waals surface area contributed by atoms with Crippen LogP contribution in [0.15, 0.2) is 92.4 Å². The van der Waals surface area contributed by atoms with Gasteiger partial charge in [-0.15, -0.1) is 0 Å². The van der Waals surface area contributed by atoms with Crippen LogP contribution in [-0.2, 0) is 16.1 Å². The van der Waals surface area contributed by atoms with E-state index in [4.69, 9.17) is 14.2 Å². The largest absolute Gasteiger partial charge is 0.506 e. The number of hydrogen-bond acceptors (Lipinski definition) is 7. The molecule has 0 saturated carbocycles. The first-order chi connectivity index (χ1) is 18.4. The van der Waals surface area contributed by atoms with Crippen LogP contribution >= 0.6 is 27.7 Å². The summed E-state index contributed by atoms with van der Waals surface area (Å²) in [5.41, 5.74) is 3.70. The zero-order chi connectivity index (χ0) is 27.1. The molecule has 0 amide bonds. The monoisotopic (exact) mass is 593 g/mol. The number of hydrogen-bond donors (Lipinski definition) is 1. The maximum atomic E-state index is 12.7. The van der Waals surface area contributed by atoms with Crippen LogP contribution in [0.3, 0.4) is 0 Å². The van der Waals surface area contributed by atoms with Gasteiger partial charge in [-0.05, 0) is 78.2 Å². The smallest absolute Gasteiger partial charge is 0.344 e. The Kier molecular flexibility index (Phi) is 9.31. The minimum atomic E-state index is -0.619. The number of aliphatic hydroxyl groups excluding tert-OH is 1. The number of esters is 1. The molecule has 3 aromatic rings. The van der Waals surface area contributed by atoms with E-state index in [1.54, 1.807) is 13.0 Å². The molecule has 196 valence electrons. The molecule has 0 aromatic heterocycles. The molecule has 3 aromatic carbocycles. The number of nitrogens with zero attached hydrogens (tertiary/aromatic N) is 1. The Bertz CT molecular complexity index is 1400. The fourth-order valence-corrected chi connectivity index (χ4v) is 5.29. The molecule has 1 aliphatic heterocycles. The van der Waals surface area contributed by atoms with Crippen molar-refractivity contribution in [3.8, 4) is 11.5 Å². The summed E-state index contributed by atoms with van der Waals surface area (Å²) in [6, 6.07) is 21.1. The van der Waals surface area contributed by atoms with Crippen molar-refractivity contribution in [2.45, 2.75) is 27.4 Å². The molecule has 8 heteroatoms. The lowest BCUT2D eigenvalue weighted by atomic mass is 10.1. The number of para-hydroxylation sites is 1. The van der Waals surface area contributed by atoms with Gasteiger partial charge in [0.1, 0.15) is 23.0 Å². The second-order valence-corrected chi connectivity index (χ2v) is 10.2. The Morgan fingerprint density at radius 1 is 1.03 bits per heavy atom. The standard InChI is InChI=1S/C30H28BrNO5S/c1-4-35-24-16-21(15-23(31)28(24)37-18-20-13-11-19(3)12-14-20)17-25-27(33)26(30(34)36-5-2)29(38-25)32-22-9-7-6-8-10-22/h6-17,33H,4-5,18H2,1-3H3/b25-17-,32-29?. The predicted octanol–water partition coefficient (Wildman–Crippen LogP) is 7.93. The van der Waals surface area contributed by atoms with Crippen molar-refractivity contribution in [1.29, 1.82) is 0 Å². The molecule has 6 nitrogen and oxygen atoms in total. The van der Waals surface area contributed by atoms with E-state index >= 15 is 0 Å². The third kappa shape index (κ3) is 6.68. The van der Waals surface area contributed by atoms with Crippen LogP contribution in [-0.4, -0.2) is 29.3 Å². The van der Waals surface area contributed by atoms with E-state index in [1.165, 1.54) is 17.3 Å². The van der Waals surface area contributed by atoms with E-state index in [-0.39, 0.29) is 17.9 Å². The molecule has 0 fully saturated rings. The Hall–Kier alpha value is -3.49. The molecule has 0 radical (unpaired) electrons. The average Bonchev–Trinajstić information content (AvgIpc) is 3.19. The number of aliphatic hydroxyl groups is 1. The van der Waals surface area contributed by atoms with Crippen molar-refractivity contribution in [3.05, 3.63) is 104 Å². The summed E-state index contributed by atoms with van der Waals surface area (Å²) in [5.74, 6) is 0.367. The first-order valence-corrected chi connectivity index (χ1v) is 13.8. The van der Waals surface area contributed by atoms with Gasteiger partial charge in [-0.2, -0.15) is 0 Å². The van der Waals surface area contributed by atoms with Crippen molar-refractivity contribution >= 4 is 50.5 Å². The predicted molar refractivity (Wildman–Crippen MR) is 156 cm³/mol. The van der Waals surface area contributed by atoms with E-state index < -0.39 is 5.97 Å². The summed E-state index contributed by atoms with van der Waals surface area (Å²) in [4.78, 5) is 17.8. The van der Waals surface area contributed by atoms with E-state index in [9.17, 15) is 9.90 Å². The highest BCUT2D eigenvalue weighted by molar-refractivity contribution is 9.10. The zero-order valence-electron chi connectivity index (χ0n) is 21.4. The Balaban J connectivity index is 1.67. The second-order valence-electron chi connectivity index (χ2n) is 8.34. The van der Waals surface area contributed by atoms with Crippen molar-refractivity contribution in [2.75, 3.05) is 13.2 Å². The molecule has 38 heavy (non-hydrogen) atoms. The normalized spacial score (nSPS) is 15.3. The first-order valence-electron chi connectivity index (χ1n) is 12.2. The Labute approximate surface area is 235 Å². The van der Waals surface area contributed by atoms with Crippen LogP contribution in [0.2, 0.25) is 0 Å². The van der Waals surface area contributed by atoms with Gasteiger partial charge < -0.3 is 19.3 Å². The van der Waals surface area contributed by atoms with Gasteiger partial charge in [0.05, 0.1) is 28.3 Å².